The Balaban J connectivity index is 2.12. The van der Waals surface area contributed by atoms with Crippen molar-refractivity contribution in [2.75, 3.05) is 0 Å². The average molecular weight is 277 g/mol. The molecule has 1 aliphatic rings. The Morgan fingerprint density at radius 2 is 1.75 bits per heavy atom. The first-order chi connectivity index (χ1) is 7.84. The third-order valence-electron chi connectivity index (χ3n) is 2.94. The van der Waals surface area contributed by atoms with Crippen molar-refractivity contribution < 1.29 is 4.39 Å². The molecule has 0 unspecified atom stereocenters. The topological polar surface area (TPSA) is 0 Å². The van der Waals surface area contributed by atoms with Crippen LogP contribution >= 0.6 is 0 Å². The average Bonchev–Trinajstić information content (AvgIpc) is 2.48. The van der Waals surface area contributed by atoms with Crippen molar-refractivity contribution in [2.24, 2.45) is 0 Å². The molecule has 0 aliphatic carbocycles. The molecule has 1 aliphatic heterocycles. The standard InChI is InChI=1S/C14H11FSe/c15-13-6-3-5-10-8-11-4-1-2-7-14(11)16-9-12(10)13/h1-7H,8-9H2. The van der Waals surface area contributed by atoms with Gasteiger partial charge < -0.3 is 0 Å². The molecule has 2 aromatic rings. The first-order valence-electron chi connectivity index (χ1n) is 5.31. The summed E-state index contributed by atoms with van der Waals surface area (Å²) in [7, 11) is 0. The summed E-state index contributed by atoms with van der Waals surface area (Å²) >= 11 is 0.365. The number of fused-ring (bicyclic) bond motifs is 2. The maximum absolute atomic E-state index is 13.7. The molecule has 0 saturated heterocycles. The molecular formula is C14H11FSe. The van der Waals surface area contributed by atoms with Gasteiger partial charge in [-0.15, -0.1) is 0 Å². The van der Waals surface area contributed by atoms with Gasteiger partial charge in [0.1, 0.15) is 0 Å². The van der Waals surface area contributed by atoms with Crippen molar-refractivity contribution in [1.82, 2.24) is 0 Å². The van der Waals surface area contributed by atoms with Crippen LogP contribution < -0.4 is 4.46 Å². The molecular weight excluding hydrogens is 266 g/mol. The van der Waals surface area contributed by atoms with Crippen LogP contribution in [-0.2, 0) is 11.7 Å². The normalized spacial score (nSPS) is 13.8. The summed E-state index contributed by atoms with van der Waals surface area (Å²) in [6, 6.07) is 13.9. The Morgan fingerprint density at radius 3 is 2.69 bits per heavy atom. The van der Waals surface area contributed by atoms with E-state index in [1.807, 2.05) is 6.07 Å². The third-order valence-corrected chi connectivity index (χ3v) is 5.34. The van der Waals surface area contributed by atoms with E-state index >= 15 is 0 Å². The second-order valence-corrected chi connectivity index (χ2v) is 6.08. The van der Waals surface area contributed by atoms with E-state index in [1.54, 1.807) is 6.07 Å². The minimum absolute atomic E-state index is 0.0350. The van der Waals surface area contributed by atoms with E-state index < -0.39 is 0 Å². The molecule has 80 valence electrons. The van der Waals surface area contributed by atoms with Gasteiger partial charge in [-0.3, -0.25) is 0 Å². The Kier molecular flexibility index (Phi) is 2.54. The van der Waals surface area contributed by atoms with Gasteiger partial charge in [0.15, 0.2) is 0 Å². The van der Waals surface area contributed by atoms with Gasteiger partial charge in [-0.25, -0.2) is 0 Å². The maximum atomic E-state index is 13.7. The third kappa shape index (κ3) is 1.68. The van der Waals surface area contributed by atoms with Gasteiger partial charge in [-0.05, 0) is 0 Å². The van der Waals surface area contributed by atoms with Crippen molar-refractivity contribution in [1.29, 1.82) is 0 Å². The molecule has 2 aromatic carbocycles. The second-order valence-electron chi connectivity index (χ2n) is 3.95. The van der Waals surface area contributed by atoms with E-state index in [2.05, 4.69) is 30.3 Å². The van der Waals surface area contributed by atoms with Crippen molar-refractivity contribution >= 4 is 19.4 Å². The number of hydrogen-bond donors (Lipinski definition) is 0. The Labute approximate surface area is 101 Å². The zero-order chi connectivity index (χ0) is 11.0. The molecule has 0 bridgehead atoms. The summed E-state index contributed by atoms with van der Waals surface area (Å²) in [5.41, 5.74) is 3.46. The fraction of sp³-hybridized carbons (Fsp3) is 0.143. The molecule has 0 spiro atoms. The Hall–Kier alpha value is -1.11. The van der Waals surface area contributed by atoms with Crippen LogP contribution in [0.15, 0.2) is 42.5 Å². The molecule has 0 atom stereocenters. The van der Waals surface area contributed by atoms with Crippen molar-refractivity contribution in [3.8, 4) is 0 Å². The van der Waals surface area contributed by atoms with Crippen LogP contribution in [0.1, 0.15) is 16.7 Å². The van der Waals surface area contributed by atoms with E-state index in [0.29, 0.717) is 15.0 Å². The summed E-state index contributed by atoms with van der Waals surface area (Å²) in [5, 5.41) is 0.881. The molecule has 0 aromatic heterocycles. The molecule has 3 rings (SSSR count). The van der Waals surface area contributed by atoms with E-state index in [-0.39, 0.29) is 5.82 Å². The van der Waals surface area contributed by atoms with Crippen molar-refractivity contribution in [2.45, 2.75) is 11.7 Å². The summed E-state index contributed by atoms with van der Waals surface area (Å²) < 4.78 is 15.1. The van der Waals surface area contributed by atoms with Gasteiger partial charge in [0.25, 0.3) is 0 Å². The van der Waals surface area contributed by atoms with E-state index in [4.69, 9.17) is 0 Å². The molecule has 16 heavy (non-hydrogen) atoms. The summed E-state index contributed by atoms with van der Waals surface area (Å²) in [4.78, 5) is 0. The van der Waals surface area contributed by atoms with Crippen LogP contribution in [-0.4, -0.2) is 15.0 Å². The summed E-state index contributed by atoms with van der Waals surface area (Å²) in [6.07, 6.45) is 0.880. The van der Waals surface area contributed by atoms with E-state index in [9.17, 15) is 4.39 Å². The SMILES string of the molecule is Fc1cccc2c1C[Se]c1ccccc1C2. The van der Waals surface area contributed by atoms with Crippen LogP contribution in [0.5, 0.6) is 0 Å². The van der Waals surface area contributed by atoms with Crippen LogP contribution in [0.4, 0.5) is 4.39 Å². The summed E-state index contributed by atoms with van der Waals surface area (Å²) in [6.45, 7) is 0. The van der Waals surface area contributed by atoms with Gasteiger partial charge in [-0.1, -0.05) is 0 Å². The van der Waals surface area contributed by atoms with Crippen molar-refractivity contribution in [3.63, 3.8) is 0 Å². The molecule has 0 amide bonds. The zero-order valence-electron chi connectivity index (χ0n) is 8.74. The van der Waals surface area contributed by atoms with Crippen LogP contribution in [0, 0.1) is 5.82 Å². The molecule has 0 saturated carbocycles. The van der Waals surface area contributed by atoms with Crippen LogP contribution in [0.25, 0.3) is 0 Å². The number of hydrogen-bond acceptors (Lipinski definition) is 0. The van der Waals surface area contributed by atoms with Crippen LogP contribution in [0.2, 0.25) is 0 Å². The molecule has 0 radical (unpaired) electrons. The number of halogens is 1. The van der Waals surface area contributed by atoms with Gasteiger partial charge in [0, 0.05) is 0 Å². The summed E-state index contributed by atoms with van der Waals surface area (Å²) in [5.74, 6) is -0.0350. The molecule has 0 nitrogen and oxygen atoms in total. The fourth-order valence-electron chi connectivity index (χ4n) is 2.08. The van der Waals surface area contributed by atoms with Gasteiger partial charge in [-0.2, -0.15) is 0 Å². The Bertz CT molecular complexity index is 534. The van der Waals surface area contributed by atoms with E-state index in [0.717, 1.165) is 22.9 Å². The first kappa shape index (κ1) is 10.1. The second kappa shape index (κ2) is 4.04. The quantitative estimate of drug-likeness (QED) is 0.648. The first-order valence-corrected chi connectivity index (χ1v) is 7.38. The number of rotatable bonds is 0. The molecule has 0 fully saturated rings. The van der Waals surface area contributed by atoms with E-state index in [1.165, 1.54) is 10.0 Å². The number of benzene rings is 2. The van der Waals surface area contributed by atoms with Crippen molar-refractivity contribution in [3.05, 3.63) is 65.0 Å². The monoisotopic (exact) mass is 278 g/mol. The van der Waals surface area contributed by atoms with Gasteiger partial charge in [0.05, 0.1) is 0 Å². The fourth-order valence-corrected chi connectivity index (χ4v) is 4.43. The predicted octanol–water partition coefficient (Wildman–Crippen LogP) is 2.26. The molecule has 0 N–H and O–H groups in total. The van der Waals surface area contributed by atoms with Crippen LogP contribution in [0.3, 0.4) is 0 Å². The zero-order valence-corrected chi connectivity index (χ0v) is 10.5. The molecule has 1 heterocycles. The van der Waals surface area contributed by atoms with Gasteiger partial charge in [0.2, 0.25) is 0 Å². The minimum atomic E-state index is -0.0350. The van der Waals surface area contributed by atoms with Gasteiger partial charge >= 0.3 is 101 Å². The molecule has 2 heteroatoms. The predicted molar refractivity (Wildman–Crippen MR) is 64.7 cm³/mol. The Morgan fingerprint density at radius 1 is 0.938 bits per heavy atom.